The Morgan fingerprint density at radius 1 is 0.880 bits per heavy atom. The molecule has 0 saturated carbocycles. The molecular formula is C21H24N4. The van der Waals surface area contributed by atoms with E-state index in [9.17, 15) is 0 Å². The molecule has 3 heterocycles. The Kier molecular flexibility index (Phi) is 4.91. The number of pyridine rings is 1. The number of benzene rings is 1. The summed E-state index contributed by atoms with van der Waals surface area (Å²) in [5, 5.41) is 0. The molecule has 1 fully saturated rings. The van der Waals surface area contributed by atoms with E-state index in [0.29, 0.717) is 0 Å². The fourth-order valence-corrected chi connectivity index (χ4v) is 3.32. The van der Waals surface area contributed by atoms with Crippen LogP contribution in [0.15, 0.2) is 67.0 Å². The number of hydrogen-bond donors (Lipinski definition) is 0. The number of nitrogens with zero attached hydrogens (tertiary/aromatic N) is 4. The van der Waals surface area contributed by atoms with Crippen LogP contribution < -0.4 is 0 Å². The number of aromatic nitrogens is 2. The van der Waals surface area contributed by atoms with Gasteiger partial charge in [-0.15, -0.1) is 0 Å². The van der Waals surface area contributed by atoms with Gasteiger partial charge in [0, 0.05) is 51.7 Å². The Balaban J connectivity index is 1.26. The summed E-state index contributed by atoms with van der Waals surface area (Å²) in [5.41, 5.74) is 3.46. The van der Waals surface area contributed by atoms with Gasteiger partial charge in [-0.25, -0.2) is 4.98 Å². The van der Waals surface area contributed by atoms with E-state index >= 15 is 0 Å². The van der Waals surface area contributed by atoms with Crippen molar-refractivity contribution in [2.24, 2.45) is 0 Å². The zero-order valence-corrected chi connectivity index (χ0v) is 14.5. The molecule has 1 aromatic carbocycles. The SMILES string of the molecule is C(=C\c1ccccc1)/CN1CCN(Cc2cn3ccccc3n2)CC1. The molecule has 0 unspecified atom stereocenters. The topological polar surface area (TPSA) is 23.8 Å². The highest BCUT2D eigenvalue weighted by Gasteiger charge is 2.16. The normalized spacial score (nSPS) is 16.8. The molecule has 1 aliphatic heterocycles. The zero-order chi connectivity index (χ0) is 16.9. The molecule has 128 valence electrons. The number of hydrogen-bond acceptors (Lipinski definition) is 3. The van der Waals surface area contributed by atoms with Crippen molar-refractivity contribution in [3.05, 3.63) is 78.3 Å². The van der Waals surface area contributed by atoms with Crippen molar-refractivity contribution in [1.82, 2.24) is 19.2 Å². The monoisotopic (exact) mass is 332 g/mol. The van der Waals surface area contributed by atoms with Gasteiger partial charge in [0.1, 0.15) is 5.65 Å². The van der Waals surface area contributed by atoms with Gasteiger partial charge in [0.15, 0.2) is 0 Å². The summed E-state index contributed by atoms with van der Waals surface area (Å²) in [6.45, 7) is 6.41. The molecular weight excluding hydrogens is 308 g/mol. The zero-order valence-electron chi connectivity index (χ0n) is 14.5. The van der Waals surface area contributed by atoms with Gasteiger partial charge in [0.25, 0.3) is 0 Å². The second-order valence-electron chi connectivity index (χ2n) is 6.59. The van der Waals surface area contributed by atoms with E-state index in [4.69, 9.17) is 4.98 Å². The van der Waals surface area contributed by atoms with E-state index in [-0.39, 0.29) is 0 Å². The first-order valence-electron chi connectivity index (χ1n) is 8.96. The van der Waals surface area contributed by atoms with E-state index in [1.807, 2.05) is 12.1 Å². The van der Waals surface area contributed by atoms with Gasteiger partial charge < -0.3 is 4.40 Å². The van der Waals surface area contributed by atoms with Crippen LogP contribution in [0.2, 0.25) is 0 Å². The van der Waals surface area contributed by atoms with Gasteiger partial charge >= 0.3 is 0 Å². The first-order chi connectivity index (χ1) is 12.4. The summed E-state index contributed by atoms with van der Waals surface area (Å²) >= 11 is 0. The standard InChI is InChI=1S/C21H24N4/c1-2-7-19(8-3-1)9-6-11-23-13-15-24(16-14-23)17-20-18-25-12-5-4-10-21(25)22-20/h1-10,12,18H,11,13-17H2/b9-6+. The molecule has 0 atom stereocenters. The molecule has 2 aromatic heterocycles. The van der Waals surface area contributed by atoms with Crippen LogP contribution in [0.5, 0.6) is 0 Å². The quantitative estimate of drug-likeness (QED) is 0.717. The van der Waals surface area contributed by atoms with Crippen molar-refractivity contribution in [1.29, 1.82) is 0 Å². The van der Waals surface area contributed by atoms with Gasteiger partial charge in [-0.2, -0.15) is 0 Å². The summed E-state index contributed by atoms with van der Waals surface area (Å²) in [4.78, 5) is 9.72. The van der Waals surface area contributed by atoms with Crippen LogP contribution >= 0.6 is 0 Å². The third-order valence-electron chi connectivity index (χ3n) is 4.74. The van der Waals surface area contributed by atoms with Crippen LogP contribution in [0.4, 0.5) is 0 Å². The van der Waals surface area contributed by atoms with E-state index < -0.39 is 0 Å². The highest BCUT2D eigenvalue weighted by molar-refractivity contribution is 5.48. The number of piperazine rings is 1. The summed E-state index contributed by atoms with van der Waals surface area (Å²) in [5.74, 6) is 0. The summed E-state index contributed by atoms with van der Waals surface area (Å²) in [7, 11) is 0. The smallest absolute Gasteiger partial charge is 0.137 e. The fourth-order valence-electron chi connectivity index (χ4n) is 3.32. The van der Waals surface area contributed by atoms with Crippen molar-refractivity contribution in [3.63, 3.8) is 0 Å². The Bertz CT molecular complexity index is 796. The molecule has 0 N–H and O–H groups in total. The lowest BCUT2D eigenvalue weighted by atomic mass is 10.2. The number of fused-ring (bicyclic) bond motifs is 1. The second-order valence-corrected chi connectivity index (χ2v) is 6.59. The molecule has 0 aliphatic carbocycles. The minimum absolute atomic E-state index is 0.940. The minimum Gasteiger partial charge on any atom is -0.307 e. The summed E-state index contributed by atoms with van der Waals surface area (Å²) in [6, 6.07) is 16.6. The van der Waals surface area contributed by atoms with Crippen LogP contribution in [-0.4, -0.2) is 51.9 Å². The van der Waals surface area contributed by atoms with Crippen LogP contribution in [0.1, 0.15) is 11.3 Å². The molecule has 4 nitrogen and oxygen atoms in total. The minimum atomic E-state index is 0.940. The van der Waals surface area contributed by atoms with Gasteiger partial charge in [0.2, 0.25) is 0 Å². The summed E-state index contributed by atoms with van der Waals surface area (Å²) < 4.78 is 2.10. The number of imidazole rings is 1. The Morgan fingerprint density at radius 2 is 1.64 bits per heavy atom. The fraction of sp³-hybridized carbons (Fsp3) is 0.286. The van der Waals surface area contributed by atoms with Gasteiger partial charge in [0.05, 0.1) is 5.69 Å². The Morgan fingerprint density at radius 3 is 2.44 bits per heavy atom. The van der Waals surface area contributed by atoms with Crippen LogP contribution in [-0.2, 0) is 6.54 Å². The van der Waals surface area contributed by atoms with Gasteiger partial charge in [-0.05, 0) is 17.7 Å². The van der Waals surface area contributed by atoms with Crippen LogP contribution in [0.3, 0.4) is 0 Å². The van der Waals surface area contributed by atoms with Crippen molar-refractivity contribution in [3.8, 4) is 0 Å². The van der Waals surface area contributed by atoms with E-state index in [2.05, 4.69) is 75.1 Å². The maximum Gasteiger partial charge on any atom is 0.137 e. The number of rotatable bonds is 5. The first kappa shape index (κ1) is 16.1. The average Bonchev–Trinajstić information content (AvgIpc) is 3.06. The predicted octanol–water partition coefficient (Wildman–Crippen LogP) is 3.17. The first-order valence-corrected chi connectivity index (χ1v) is 8.96. The van der Waals surface area contributed by atoms with Crippen molar-refractivity contribution in [2.45, 2.75) is 6.54 Å². The van der Waals surface area contributed by atoms with E-state index in [1.165, 1.54) is 5.56 Å². The lowest BCUT2D eigenvalue weighted by Crippen LogP contribution is -2.45. The van der Waals surface area contributed by atoms with Crippen LogP contribution in [0, 0.1) is 0 Å². The molecule has 3 aromatic rings. The van der Waals surface area contributed by atoms with Gasteiger partial charge in [-0.3, -0.25) is 9.80 Å². The molecule has 4 heteroatoms. The van der Waals surface area contributed by atoms with Crippen molar-refractivity contribution in [2.75, 3.05) is 32.7 Å². The molecule has 0 radical (unpaired) electrons. The van der Waals surface area contributed by atoms with E-state index in [0.717, 1.165) is 50.6 Å². The molecule has 0 spiro atoms. The maximum atomic E-state index is 4.71. The van der Waals surface area contributed by atoms with Crippen molar-refractivity contribution < 1.29 is 0 Å². The molecule has 1 aliphatic rings. The predicted molar refractivity (Wildman–Crippen MR) is 102 cm³/mol. The largest absolute Gasteiger partial charge is 0.307 e. The molecule has 1 saturated heterocycles. The lowest BCUT2D eigenvalue weighted by molar-refractivity contribution is 0.136. The highest BCUT2D eigenvalue weighted by atomic mass is 15.3. The molecule has 25 heavy (non-hydrogen) atoms. The highest BCUT2D eigenvalue weighted by Crippen LogP contribution is 2.10. The lowest BCUT2D eigenvalue weighted by Gasteiger charge is -2.33. The van der Waals surface area contributed by atoms with E-state index in [1.54, 1.807) is 0 Å². The third kappa shape index (κ3) is 4.16. The maximum absolute atomic E-state index is 4.71. The van der Waals surface area contributed by atoms with Crippen molar-refractivity contribution >= 4 is 11.7 Å². The van der Waals surface area contributed by atoms with Crippen LogP contribution in [0.25, 0.3) is 11.7 Å². The summed E-state index contributed by atoms with van der Waals surface area (Å²) in [6.07, 6.45) is 8.68. The molecule has 0 amide bonds. The Hall–Kier alpha value is -2.43. The molecule has 4 rings (SSSR count). The molecule has 0 bridgehead atoms. The average molecular weight is 332 g/mol. The Labute approximate surface area is 149 Å². The third-order valence-corrected chi connectivity index (χ3v) is 4.74. The van der Waals surface area contributed by atoms with Gasteiger partial charge in [-0.1, -0.05) is 48.6 Å². The second kappa shape index (κ2) is 7.64.